The maximum Gasteiger partial charge on any atom is 0.272 e. The molecule has 0 aliphatic heterocycles. The lowest BCUT2D eigenvalue weighted by atomic mass is 10.3. The Balaban J connectivity index is 2.37. The van der Waals surface area contributed by atoms with Crippen molar-refractivity contribution in [3.63, 3.8) is 0 Å². The van der Waals surface area contributed by atoms with Crippen molar-refractivity contribution >= 4 is 40.8 Å². The molecule has 7 heteroatoms. The summed E-state index contributed by atoms with van der Waals surface area (Å²) in [6.07, 6.45) is 1.37. The van der Waals surface area contributed by atoms with Crippen molar-refractivity contribution in [1.29, 1.82) is 0 Å². The third-order valence-electron chi connectivity index (χ3n) is 2.31. The molecule has 0 heterocycles. The molecule has 0 aliphatic carbocycles. The lowest BCUT2D eigenvalue weighted by Gasteiger charge is -2.03. The largest absolute Gasteiger partial charge is 0.272 e. The Labute approximate surface area is 123 Å². The number of benzene rings is 2. The van der Waals surface area contributed by atoms with Crippen LogP contribution in [0.2, 0.25) is 5.02 Å². The molecule has 100 valence electrons. The van der Waals surface area contributed by atoms with Crippen molar-refractivity contribution in [3.05, 3.63) is 57.6 Å². The minimum absolute atomic E-state index is 0.127. The number of rotatable bonds is 4. The molecule has 0 radical (unpaired) electrons. The molecule has 0 fully saturated rings. The lowest BCUT2D eigenvalue weighted by Crippen LogP contribution is -1.88. The van der Waals surface area contributed by atoms with Crippen molar-refractivity contribution < 1.29 is 9.72 Å². The number of hydrogen-bond acceptors (Lipinski definition) is 5. The summed E-state index contributed by atoms with van der Waals surface area (Å²) >= 11 is 7.11. The number of nitrogens with zero attached hydrogens (tertiary/aromatic N) is 2. The van der Waals surface area contributed by atoms with Gasteiger partial charge in [0.05, 0.1) is 10.6 Å². The lowest BCUT2D eigenvalue weighted by molar-refractivity contribution is -0.385. The topological polar surface area (TPSA) is 72.6 Å². The average molecular weight is 307 g/mol. The van der Waals surface area contributed by atoms with Gasteiger partial charge in [0.2, 0.25) is 6.08 Å². The van der Waals surface area contributed by atoms with Gasteiger partial charge in [-0.25, -0.2) is 4.79 Å². The van der Waals surface area contributed by atoms with Crippen LogP contribution in [0.4, 0.5) is 11.4 Å². The Kier molecular flexibility index (Phi) is 4.53. The number of nitro groups is 1. The minimum atomic E-state index is -0.532. The van der Waals surface area contributed by atoms with Gasteiger partial charge in [0, 0.05) is 26.9 Å². The molecule has 2 aromatic carbocycles. The minimum Gasteiger partial charge on any atom is -0.258 e. The molecule has 0 saturated heterocycles. The van der Waals surface area contributed by atoms with E-state index in [1.165, 1.54) is 30.0 Å². The van der Waals surface area contributed by atoms with E-state index in [9.17, 15) is 14.9 Å². The van der Waals surface area contributed by atoms with E-state index in [2.05, 4.69) is 4.99 Å². The summed E-state index contributed by atoms with van der Waals surface area (Å²) in [5, 5.41) is 11.5. The third kappa shape index (κ3) is 3.68. The van der Waals surface area contributed by atoms with Gasteiger partial charge in [-0.3, -0.25) is 10.1 Å². The Morgan fingerprint density at radius 2 is 1.85 bits per heavy atom. The number of aliphatic imine (C=N–C) groups is 1. The van der Waals surface area contributed by atoms with Crippen LogP contribution in [0.5, 0.6) is 0 Å². The van der Waals surface area contributed by atoms with Gasteiger partial charge in [-0.05, 0) is 30.3 Å². The van der Waals surface area contributed by atoms with E-state index in [-0.39, 0.29) is 11.4 Å². The van der Waals surface area contributed by atoms with Crippen LogP contribution in [0.25, 0.3) is 0 Å². The van der Waals surface area contributed by atoms with Gasteiger partial charge in [-0.2, -0.15) is 4.99 Å². The quantitative estimate of drug-likeness (QED) is 0.364. The molecule has 0 aromatic heterocycles. The second-order valence-corrected chi connectivity index (χ2v) is 5.28. The van der Waals surface area contributed by atoms with Crippen molar-refractivity contribution in [1.82, 2.24) is 0 Å². The molecule has 0 spiro atoms. The van der Waals surface area contributed by atoms with E-state index >= 15 is 0 Å². The molecule has 0 atom stereocenters. The average Bonchev–Trinajstić information content (AvgIpc) is 2.41. The molecular formula is C13H7ClN2O3S. The fraction of sp³-hybridized carbons (Fsp3) is 0. The SMILES string of the molecule is O=C=Nc1cc(Sc2ccc(Cl)cc2)cc([N+](=O)[O-])c1. The van der Waals surface area contributed by atoms with E-state index in [1.54, 1.807) is 30.3 Å². The number of hydrogen-bond donors (Lipinski definition) is 0. The molecule has 0 saturated carbocycles. The van der Waals surface area contributed by atoms with E-state index in [0.29, 0.717) is 9.92 Å². The number of isocyanates is 1. The van der Waals surface area contributed by atoms with E-state index < -0.39 is 4.92 Å². The molecule has 0 bridgehead atoms. The maximum atomic E-state index is 10.8. The van der Waals surface area contributed by atoms with Crippen molar-refractivity contribution in [3.8, 4) is 0 Å². The zero-order valence-corrected chi connectivity index (χ0v) is 11.5. The van der Waals surface area contributed by atoms with Crippen LogP contribution in [0.1, 0.15) is 0 Å². The van der Waals surface area contributed by atoms with Crippen LogP contribution in [0.3, 0.4) is 0 Å². The van der Waals surface area contributed by atoms with Crippen molar-refractivity contribution in [2.45, 2.75) is 9.79 Å². The fourth-order valence-corrected chi connectivity index (χ4v) is 2.52. The molecule has 0 amide bonds. The van der Waals surface area contributed by atoms with Crippen LogP contribution in [0.15, 0.2) is 57.2 Å². The van der Waals surface area contributed by atoms with E-state index in [1.807, 2.05) is 0 Å². The molecule has 0 N–H and O–H groups in total. The summed E-state index contributed by atoms with van der Waals surface area (Å²) in [6.45, 7) is 0. The summed E-state index contributed by atoms with van der Waals surface area (Å²) in [7, 11) is 0. The number of carbonyl (C=O) groups excluding carboxylic acids is 1. The van der Waals surface area contributed by atoms with Crippen LogP contribution < -0.4 is 0 Å². The van der Waals surface area contributed by atoms with Crippen molar-refractivity contribution in [2.24, 2.45) is 4.99 Å². The molecule has 2 aromatic rings. The van der Waals surface area contributed by atoms with Crippen LogP contribution in [0, 0.1) is 10.1 Å². The first-order chi connectivity index (χ1) is 9.58. The van der Waals surface area contributed by atoms with Gasteiger partial charge in [-0.15, -0.1) is 0 Å². The predicted octanol–water partition coefficient (Wildman–Crippen LogP) is 4.37. The Morgan fingerprint density at radius 1 is 1.15 bits per heavy atom. The monoisotopic (exact) mass is 306 g/mol. The standard InChI is InChI=1S/C13H7ClN2O3S/c14-9-1-3-12(4-2-9)20-13-6-10(15-8-17)5-11(7-13)16(18)19/h1-7H. The molecule has 20 heavy (non-hydrogen) atoms. The number of halogens is 1. The first-order valence-electron chi connectivity index (χ1n) is 5.39. The Bertz CT molecular complexity index is 677. The summed E-state index contributed by atoms with van der Waals surface area (Å²) in [4.78, 5) is 25.5. The van der Waals surface area contributed by atoms with Crippen LogP contribution in [-0.2, 0) is 4.79 Å². The molecular weight excluding hydrogens is 300 g/mol. The second-order valence-electron chi connectivity index (χ2n) is 3.70. The van der Waals surface area contributed by atoms with Crippen LogP contribution >= 0.6 is 23.4 Å². The Morgan fingerprint density at radius 3 is 2.45 bits per heavy atom. The third-order valence-corrected chi connectivity index (χ3v) is 3.54. The van der Waals surface area contributed by atoms with E-state index in [0.717, 1.165) is 4.90 Å². The predicted molar refractivity (Wildman–Crippen MR) is 76.5 cm³/mol. The second kappa shape index (κ2) is 6.34. The van der Waals surface area contributed by atoms with Crippen LogP contribution in [-0.4, -0.2) is 11.0 Å². The van der Waals surface area contributed by atoms with Gasteiger partial charge < -0.3 is 0 Å². The van der Waals surface area contributed by atoms with E-state index in [4.69, 9.17) is 11.6 Å². The highest BCUT2D eigenvalue weighted by Crippen LogP contribution is 2.34. The smallest absolute Gasteiger partial charge is 0.258 e. The van der Waals surface area contributed by atoms with Gasteiger partial charge in [0.1, 0.15) is 0 Å². The fourth-order valence-electron chi connectivity index (χ4n) is 1.49. The number of non-ortho nitro benzene ring substituents is 1. The highest BCUT2D eigenvalue weighted by Gasteiger charge is 2.10. The summed E-state index contributed by atoms with van der Waals surface area (Å²) in [5.41, 5.74) is 0.0728. The summed E-state index contributed by atoms with van der Waals surface area (Å²) in [5.74, 6) is 0. The number of nitro benzene ring substituents is 1. The summed E-state index contributed by atoms with van der Waals surface area (Å²) in [6, 6.07) is 11.3. The van der Waals surface area contributed by atoms with Crippen molar-refractivity contribution in [2.75, 3.05) is 0 Å². The molecule has 5 nitrogen and oxygen atoms in total. The highest BCUT2D eigenvalue weighted by atomic mass is 35.5. The molecule has 0 unspecified atom stereocenters. The van der Waals surface area contributed by atoms with Gasteiger partial charge in [0.25, 0.3) is 5.69 Å². The van der Waals surface area contributed by atoms with Gasteiger partial charge >= 0.3 is 0 Å². The zero-order valence-electron chi connectivity index (χ0n) is 9.95. The molecule has 0 aliphatic rings. The highest BCUT2D eigenvalue weighted by molar-refractivity contribution is 7.99. The zero-order chi connectivity index (χ0) is 14.5. The van der Waals surface area contributed by atoms with Gasteiger partial charge in [0.15, 0.2) is 0 Å². The normalized spacial score (nSPS) is 9.85. The first kappa shape index (κ1) is 14.3. The first-order valence-corrected chi connectivity index (χ1v) is 6.59. The Hall–Kier alpha value is -2.14. The van der Waals surface area contributed by atoms with Gasteiger partial charge in [-0.1, -0.05) is 23.4 Å². The summed E-state index contributed by atoms with van der Waals surface area (Å²) < 4.78 is 0. The molecule has 2 rings (SSSR count). The maximum absolute atomic E-state index is 10.8.